The van der Waals surface area contributed by atoms with Crippen molar-refractivity contribution >= 4 is 22.8 Å². The minimum atomic E-state index is 0.570. The van der Waals surface area contributed by atoms with Crippen LogP contribution in [0.1, 0.15) is 11.5 Å². The Morgan fingerprint density at radius 1 is 1.30 bits per heavy atom. The van der Waals surface area contributed by atoms with Gasteiger partial charge in [-0.25, -0.2) is 9.97 Å². The molecule has 0 saturated heterocycles. The molecule has 0 N–H and O–H groups in total. The van der Waals surface area contributed by atoms with Crippen LogP contribution in [0.5, 0.6) is 0 Å². The van der Waals surface area contributed by atoms with Crippen LogP contribution < -0.4 is 0 Å². The zero-order valence-corrected chi connectivity index (χ0v) is 12.4. The van der Waals surface area contributed by atoms with Gasteiger partial charge >= 0.3 is 0 Å². The molecule has 0 fully saturated rings. The largest absolute Gasteiger partial charge is 0.336 e. The number of hydrogen-bond acceptors (Lipinski definition) is 3. The van der Waals surface area contributed by atoms with Gasteiger partial charge in [0.25, 0.3) is 0 Å². The third-order valence-electron chi connectivity index (χ3n) is 3.43. The number of nitrogens with zero attached hydrogens (tertiary/aromatic N) is 6. The Balaban J connectivity index is 1.99. The van der Waals surface area contributed by atoms with Crippen molar-refractivity contribution in [3.63, 3.8) is 0 Å². The SMILES string of the molecule is Cc1nn(C)c2c1nc(CCCl)n2CCn1ccnc1. The van der Waals surface area contributed by atoms with Gasteiger partial charge in [0, 0.05) is 44.8 Å². The molecular weight excluding hydrogens is 276 g/mol. The van der Waals surface area contributed by atoms with E-state index in [0.29, 0.717) is 5.88 Å². The predicted octanol–water partition coefficient (Wildman–Crippen LogP) is 1.76. The highest BCUT2D eigenvalue weighted by molar-refractivity contribution is 6.17. The fraction of sp³-hybridized carbons (Fsp3) is 0.462. The second-order valence-electron chi connectivity index (χ2n) is 4.80. The Labute approximate surface area is 122 Å². The van der Waals surface area contributed by atoms with Crippen molar-refractivity contribution in [3.05, 3.63) is 30.2 Å². The standard InChI is InChI=1S/C13H17ClN6/c1-10-12-13(18(2)17-10)20(11(16-12)3-4-14)8-7-19-6-5-15-9-19/h5-6,9H,3-4,7-8H2,1-2H3. The first-order valence-electron chi connectivity index (χ1n) is 6.61. The molecule has 3 rings (SSSR count). The summed E-state index contributed by atoms with van der Waals surface area (Å²) in [5.41, 5.74) is 2.99. The fourth-order valence-electron chi connectivity index (χ4n) is 2.52. The minimum Gasteiger partial charge on any atom is -0.336 e. The molecule has 0 spiro atoms. The van der Waals surface area contributed by atoms with Crippen LogP contribution in [-0.2, 0) is 26.6 Å². The highest BCUT2D eigenvalue weighted by Gasteiger charge is 2.16. The zero-order valence-electron chi connectivity index (χ0n) is 11.6. The van der Waals surface area contributed by atoms with E-state index in [2.05, 4.69) is 19.2 Å². The molecule has 106 valence electrons. The fourth-order valence-corrected chi connectivity index (χ4v) is 2.69. The van der Waals surface area contributed by atoms with Gasteiger partial charge in [0.05, 0.1) is 12.0 Å². The quantitative estimate of drug-likeness (QED) is 0.673. The van der Waals surface area contributed by atoms with Gasteiger partial charge in [-0.1, -0.05) is 0 Å². The number of alkyl halides is 1. The molecule has 3 aromatic rings. The number of fused-ring (bicyclic) bond motifs is 1. The predicted molar refractivity (Wildman–Crippen MR) is 77.9 cm³/mol. The first kappa shape index (κ1) is 13.2. The van der Waals surface area contributed by atoms with E-state index in [9.17, 15) is 0 Å². The number of aryl methyl sites for hydroxylation is 5. The molecule has 0 aromatic carbocycles. The molecule has 0 unspecified atom stereocenters. The second-order valence-corrected chi connectivity index (χ2v) is 5.18. The third-order valence-corrected chi connectivity index (χ3v) is 3.62. The molecular formula is C13H17ClN6. The molecule has 0 atom stereocenters. The number of rotatable bonds is 5. The molecule has 7 heteroatoms. The summed E-state index contributed by atoms with van der Waals surface area (Å²) in [4.78, 5) is 8.76. The Hall–Kier alpha value is -1.82. The van der Waals surface area contributed by atoms with Crippen molar-refractivity contribution in [2.75, 3.05) is 5.88 Å². The van der Waals surface area contributed by atoms with Gasteiger partial charge in [-0.3, -0.25) is 4.68 Å². The van der Waals surface area contributed by atoms with Gasteiger partial charge in [-0.2, -0.15) is 5.10 Å². The average molecular weight is 293 g/mol. The molecule has 20 heavy (non-hydrogen) atoms. The Bertz CT molecular complexity index is 709. The molecule has 3 heterocycles. The molecule has 0 bridgehead atoms. The van der Waals surface area contributed by atoms with Crippen molar-refractivity contribution in [3.8, 4) is 0 Å². The van der Waals surface area contributed by atoms with E-state index in [1.807, 2.05) is 31.2 Å². The van der Waals surface area contributed by atoms with Crippen molar-refractivity contribution in [2.45, 2.75) is 26.4 Å². The van der Waals surface area contributed by atoms with Gasteiger partial charge in [0.15, 0.2) is 5.65 Å². The molecule has 0 radical (unpaired) electrons. The van der Waals surface area contributed by atoms with E-state index in [1.54, 1.807) is 6.20 Å². The minimum absolute atomic E-state index is 0.570. The van der Waals surface area contributed by atoms with Crippen LogP contribution in [0.25, 0.3) is 11.2 Å². The lowest BCUT2D eigenvalue weighted by Crippen LogP contribution is -2.12. The van der Waals surface area contributed by atoms with E-state index >= 15 is 0 Å². The maximum atomic E-state index is 5.89. The van der Waals surface area contributed by atoms with Gasteiger partial charge in [-0.15, -0.1) is 11.6 Å². The Morgan fingerprint density at radius 2 is 2.15 bits per heavy atom. The molecule has 0 amide bonds. The topological polar surface area (TPSA) is 53.5 Å². The number of imidazole rings is 2. The van der Waals surface area contributed by atoms with Crippen molar-refractivity contribution in [1.82, 2.24) is 28.9 Å². The van der Waals surface area contributed by atoms with E-state index in [0.717, 1.165) is 42.2 Å². The van der Waals surface area contributed by atoms with Gasteiger partial charge < -0.3 is 9.13 Å². The Morgan fingerprint density at radius 3 is 2.85 bits per heavy atom. The number of hydrogen-bond donors (Lipinski definition) is 0. The van der Waals surface area contributed by atoms with Gasteiger partial charge in [0.1, 0.15) is 11.3 Å². The highest BCUT2D eigenvalue weighted by Crippen LogP contribution is 2.19. The molecule has 6 nitrogen and oxygen atoms in total. The molecule has 0 aliphatic carbocycles. The van der Waals surface area contributed by atoms with Crippen LogP contribution in [0.3, 0.4) is 0 Å². The monoisotopic (exact) mass is 292 g/mol. The lowest BCUT2D eigenvalue weighted by atomic mass is 10.4. The summed E-state index contributed by atoms with van der Waals surface area (Å²) in [5.74, 6) is 1.59. The van der Waals surface area contributed by atoms with E-state index in [-0.39, 0.29) is 0 Å². The first-order valence-corrected chi connectivity index (χ1v) is 7.14. The zero-order chi connectivity index (χ0) is 14.1. The average Bonchev–Trinajstić information content (AvgIpc) is 3.08. The van der Waals surface area contributed by atoms with Crippen LogP contribution in [0.4, 0.5) is 0 Å². The normalized spacial score (nSPS) is 11.6. The van der Waals surface area contributed by atoms with Crippen molar-refractivity contribution in [1.29, 1.82) is 0 Å². The first-order chi connectivity index (χ1) is 9.70. The van der Waals surface area contributed by atoms with Gasteiger partial charge in [-0.05, 0) is 6.92 Å². The summed E-state index contributed by atoms with van der Waals surface area (Å²) in [7, 11) is 1.95. The van der Waals surface area contributed by atoms with Crippen LogP contribution in [0, 0.1) is 6.92 Å². The Kier molecular flexibility index (Phi) is 3.48. The summed E-state index contributed by atoms with van der Waals surface area (Å²) >= 11 is 5.89. The van der Waals surface area contributed by atoms with E-state index in [4.69, 9.17) is 16.6 Å². The molecule has 0 saturated carbocycles. The second kappa shape index (κ2) is 5.28. The maximum absolute atomic E-state index is 5.89. The maximum Gasteiger partial charge on any atom is 0.158 e. The number of aromatic nitrogens is 6. The van der Waals surface area contributed by atoms with Crippen molar-refractivity contribution in [2.24, 2.45) is 7.05 Å². The third kappa shape index (κ3) is 2.20. The van der Waals surface area contributed by atoms with Crippen LogP contribution in [-0.4, -0.2) is 34.8 Å². The molecule has 0 aliphatic heterocycles. The molecule has 3 aromatic heterocycles. The summed E-state index contributed by atoms with van der Waals surface area (Å²) in [6.45, 7) is 3.67. The smallest absolute Gasteiger partial charge is 0.158 e. The van der Waals surface area contributed by atoms with E-state index in [1.165, 1.54) is 0 Å². The summed E-state index contributed by atoms with van der Waals surface area (Å²) in [6.07, 6.45) is 6.34. The van der Waals surface area contributed by atoms with Crippen LogP contribution in [0.15, 0.2) is 18.7 Å². The van der Waals surface area contributed by atoms with Crippen LogP contribution in [0.2, 0.25) is 0 Å². The lowest BCUT2D eigenvalue weighted by molar-refractivity contribution is 0.560. The summed E-state index contributed by atoms with van der Waals surface area (Å²) < 4.78 is 6.15. The van der Waals surface area contributed by atoms with E-state index < -0.39 is 0 Å². The number of halogens is 1. The highest BCUT2D eigenvalue weighted by atomic mass is 35.5. The van der Waals surface area contributed by atoms with Crippen molar-refractivity contribution < 1.29 is 0 Å². The molecule has 0 aliphatic rings. The summed E-state index contributed by atoms with van der Waals surface area (Å²) in [5, 5.41) is 4.44. The van der Waals surface area contributed by atoms with Gasteiger partial charge in [0.2, 0.25) is 0 Å². The summed E-state index contributed by atoms with van der Waals surface area (Å²) in [6, 6.07) is 0. The lowest BCUT2D eigenvalue weighted by Gasteiger charge is -2.09. The van der Waals surface area contributed by atoms with Crippen LogP contribution >= 0.6 is 11.6 Å².